The van der Waals surface area contributed by atoms with E-state index in [4.69, 9.17) is 0 Å². The molecule has 1 atom stereocenters. The standard InChI is InChI=1S/C21H22N2OS2/c1-15(2)16-8-10-18(11-9-16)26-14-19(24)23-20(21-22-12-13-25-21)17-6-4-3-5-7-17/h3-13,15,20H,14H2,1-2H3,(H,23,24). The van der Waals surface area contributed by atoms with Gasteiger partial charge in [-0.2, -0.15) is 0 Å². The molecule has 1 heterocycles. The summed E-state index contributed by atoms with van der Waals surface area (Å²) in [5, 5.41) is 5.96. The molecule has 26 heavy (non-hydrogen) atoms. The molecule has 0 saturated carbocycles. The predicted molar refractivity (Wildman–Crippen MR) is 110 cm³/mol. The van der Waals surface area contributed by atoms with Crippen molar-refractivity contribution < 1.29 is 4.79 Å². The van der Waals surface area contributed by atoms with Crippen molar-refractivity contribution in [1.82, 2.24) is 10.3 Å². The monoisotopic (exact) mass is 382 g/mol. The highest BCUT2D eigenvalue weighted by atomic mass is 32.2. The van der Waals surface area contributed by atoms with E-state index < -0.39 is 0 Å². The second-order valence-electron chi connectivity index (χ2n) is 6.29. The maximum atomic E-state index is 12.5. The van der Waals surface area contributed by atoms with Crippen molar-refractivity contribution >= 4 is 29.0 Å². The summed E-state index contributed by atoms with van der Waals surface area (Å²) in [6, 6.07) is 18.2. The van der Waals surface area contributed by atoms with Crippen molar-refractivity contribution in [1.29, 1.82) is 0 Å². The number of thiazole rings is 1. The lowest BCUT2D eigenvalue weighted by Gasteiger charge is -2.17. The summed E-state index contributed by atoms with van der Waals surface area (Å²) in [6.07, 6.45) is 1.77. The Labute approximate surface area is 162 Å². The van der Waals surface area contributed by atoms with Gasteiger partial charge in [0.1, 0.15) is 11.0 Å². The largest absolute Gasteiger partial charge is 0.342 e. The van der Waals surface area contributed by atoms with Crippen LogP contribution in [0.2, 0.25) is 0 Å². The fourth-order valence-electron chi connectivity index (χ4n) is 2.61. The van der Waals surface area contributed by atoms with Crippen LogP contribution in [0.4, 0.5) is 0 Å². The highest BCUT2D eigenvalue weighted by Gasteiger charge is 2.19. The Balaban J connectivity index is 1.63. The SMILES string of the molecule is CC(C)c1ccc(SCC(=O)NC(c2ccccc2)c2nccs2)cc1. The number of thioether (sulfide) groups is 1. The van der Waals surface area contributed by atoms with Gasteiger partial charge >= 0.3 is 0 Å². The molecule has 1 unspecified atom stereocenters. The van der Waals surface area contributed by atoms with Crippen LogP contribution in [-0.4, -0.2) is 16.6 Å². The number of hydrogen-bond acceptors (Lipinski definition) is 4. The third kappa shape index (κ3) is 4.96. The maximum Gasteiger partial charge on any atom is 0.231 e. The highest BCUT2D eigenvalue weighted by Crippen LogP contribution is 2.25. The molecule has 3 aromatic rings. The molecule has 0 saturated heterocycles. The molecule has 3 rings (SSSR count). The van der Waals surface area contributed by atoms with Gasteiger partial charge in [0.2, 0.25) is 5.91 Å². The molecule has 134 valence electrons. The summed E-state index contributed by atoms with van der Waals surface area (Å²) in [6.45, 7) is 4.36. The van der Waals surface area contributed by atoms with Crippen LogP contribution in [0.5, 0.6) is 0 Å². The Bertz CT molecular complexity index is 815. The molecule has 0 spiro atoms. The van der Waals surface area contributed by atoms with Crippen molar-refractivity contribution in [3.63, 3.8) is 0 Å². The lowest BCUT2D eigenvalue weighted by Crippen LogP contribution is -2.30. The van der Waals surface area contributed by atoms with E-state index in [2.05, 4.69) is 48.4 Å². The van der Waals surface area contributed by atoms with Crippen LogP contribution in [0.3, 0.4) is 0 Å². The second-order valence-corrected chi connectivity index (χ2v) is 8.27. The zero-order valence-electron chi connectivity index (χ0n) is 14.9. The number of nitrogens with zero attached hydrogens (tertiary/aromatic N) is 1. The first-order valence-corrected chi connectivity index (χ1v) is 10.5. The second kappa shape index (κ2) is 9.01. The van der Waals surface area contributed by atoms with Gasteiger partial charge in [-0.15, -0.1) is 23.1 Å². The van der Waals surface area contributed by atoms with Gasteiger partial charge in [0.15, 0.2) is 0 Å². The Morgan fingerprint density at radius 2 is 1.81 bits per heavy atom. The topological polar surface area (TPSA) is 42.0 Å². The van der Waals surface area contributed by atoms with E-state index in [9.17, 15) is 4.79 Å². The summed E-state index contributed by atoms with van der Waals surface area (Å²) in [7, 11) is 0. The van der Waals surface area contributed by atoms with E-state index in [0.29, 0.717) is 11.7 Å². The van der Waals surface area contributed by atoms with Crippen LogP contribution in [0, 0.1) is 0 Å². The van der Waals surface area contributed by atoms with Crippen molar-refractivity contribution in [2.24, 2.45) is 0 Å². The van der Waals surface area contributed by atoms with Gasteiger partial charge < -0.3 is 5.32 Å². The highest BCUT2D eigenvalue weighted by molar-refractivity contribution is 8.00. The molecule has 0 radical (unpaired) electrons. The number of hydrogen-bond donors (Lipinski definition) is 1. The molecular weight excluding hydrogens is 360 g/mol. The first-order chi connectivity index (χ1) is 12.6. The van der Waals surface area contributed by atoms with E-state index >= 15 is 0 Å². The fraction of sp³-hybridized carbons (Fsp3) is 0.238. The summed E-state index contributed by atoms with van der Waals surface area (Å²) < 4.78 is 0. The van der Waals surface area contributed by atoms with E-state index in [1.807, 2.05) is 35.7 Å². The zero-order valence-corrected chi connectivity index (χ0v) is 16.5. The van der Waals surface area contributed by atoms with Gasteiger partial charge in [-0.3, -0.25) is 4.79 Å². The first kappa shape index (κ1) is 18.7. The number of aromatic nitrogens is 1. The molecule has 2 aromatic carbocycles. The third-order valence-electron chi connectivity index (χ3n) is 4.05. The average molecular weight is 383 g/mol. The Morgan fingerprint density at radius 3 is 2.42 bits per heavy atom. The summed E-state index contributed by atoms with van der Waals surface area (Å²) in [5.41, 5.74) is 2.36. The van der Waals surface area contributed by atoms with E-state index in [0.717, 1.165) is 15.5 Å². The van der Waals surface area contributed by atoms with Crippen LogP contribution >= 0.6 is 23.1 Å². The molecule has 0 fully saturated rings. The van der Waals surface area contributed by atoms with E-state index in [1.165, 1.54) is 5.56 Å². The molecular formula is C21H22N2OS2. The Kier molecular flexibility index (Phi) is 6.47. The van der Waals surface area contributed by atoms with Crippen molar-refractivity contribution in [2.75, 3.05) is 5.75 Å². The minimum Gasteiger partial charge on any atom is -0.342 e. The number of carbonyl (C=O) groups excluding carboxylic acids is 1. The number of benzene rings is 2. The molecule has 0 aliphatic heterocycles. The van der Waals surface area contributed by atoms with Crippen LogP contribution < -0.4 is 5.32 Å². The van der Waals surface area contributed by atoms with Crippen LogP contribution in [0.15, 0.2) is 71.1 Å². The number of nitrogens with one attached hydrogen (secondary N) is 1. The average Bonchev–Trinajstić information content (AvgIpc) is 3.20. The lowest BCUT2D eigenvalue weighted by molar-refractivity contribution is -0.119. The van der Waals surface area contributed by atoms with Gasteiger partial charge in [-0.05, 0) is 29.2 Å². The van der Waals surface area contributed by atoms with E-state index in [1.54, 1.807) is 29.3 Å². The van der Waals surface area contributed by atoms with Crippen molar-refractivity contribution in [3.05, 3.63) is 82.3 Å². The predicted octanol–water partition coefficient (Wildman–Crippen LogP) is 5.26. The minimum absolute atomic E-state index is 0.00647. The lowest BCUT2D eigenvalue weighted by atomic mass is 10.0. The van der Waals surface area contributed by atoms with Crippen LogP contribution in [0.25, 0.3) is 0 Å². The number of rotatable bonds is 7. The molecule has 0 aliphatic rings. The molecule has 5 heteroatoms. The molecule has 1 N–H and O–H groups in total. The minimum atomic E-state index is -0.201. The van der Waals surface area contributed by atoms with Gasteiger partial charge in [-0.25, -0.2) is 4.98 Å². The van der Waals surface area contributed by atoms with Gasteiger partial charge in [0.25, 0.3) is 0 Å². The molecule has 3 nitrogen and oxygen atoms in total. The maximum absolute atomic E-state index is 12.5. The summed E-state index contributed by atoms with van der Waals surface area (Å²) >= 11 is 3.11. The quantitative estimate of drug-likeness (QED) is 0.566. The molecule has 0 aliphatic carbocycles. The Morgan fingerprint density at radius 1 is 1.08 bits per heavy atom. The third-order valence-corrected chi connectivity index (χ3v) is 5.91. The van der Waals surface area contributed by atoms with Gasteiger partial charge in [0.05, 0.1) is 5.75 Å². The normalized spacial score (nSPS) is 12.1. The molecule has 1 aromatic heterocycles. The number of carbonyl (C=O) groups is 1. The van der Waals surface area contributed by atoms with Crippen LogP contribution in [0.1, 0.15) is 41.9 Å². The fourth-order valence-corrected chi connectivity index (χ4v) is 4.03. The molecule has 0 bridgehead atoms. The smallest absolute Gasteiger partial charge is 0.231 e. The van der Waals surface area contributed by atoms with Gasteiger partial charge in [-0.1, -0.05) is 56.3 Å². The zero-order chi connectivity index (χ0) is 18.4. The first-order valence-electron chi connectivity index (χ1n) is 8.60. The van der Waals surface area contributed by atoms with Gasteiger partial charge in [0, 0.05) is 16.5 Å². The Hall–Kier alpha value is -2.11. The van der Waals surface area contributed by atoms with Crippen LogP contribution in [-0.2, 0) is 4.79 Å². The van der Waals surface area contributed by atoms with Crippen molar-refractivity contribution in [2.45, 2.75) is 30.7 Å². The molecule has 1 amide bonds. The summed E-state index contributed by atoms with van der Waals surface area (Å²) in [5.74, 6) is 0.907. The summed E-state index contributed by atoms with van der Waals surface area (Å²) in [4.78, 5) is 18.0. The van der Waals surface area contributed by atoms with Crippen molar-refractivity contribution in [3.8, 4) is 0 Å². The van der Waals surface area contributed by atoms with E-state index in [-0.39, 0.29) is 11.9 Å². The number of amides is 1.